The lowest BCUT2D eigenvalue weighted by atomic mass is 10.2. The standard InChI is InChI=1S/C13H12ClNO2S/c1-2-15(9-4-3-5-10(16)8-9)13(17)11-6-7-12(14)18-11/h3-8,16H,2H2,1H3. The van der Waals surface area contributed by atoms with Gasteiger partial charge in [-0.05, 0) is 31.2 Å². The van der Waals surface area contributed by atoms with Crippen LogP contribution in [0.3, 0.4) is 0 Å². The van der Waals surface area contributed by atoms with Gasteiger partial charge in [0, 0.05) is 18.3 Å². The summed E-state index contributed by atoms with van der Waals surface area (Å²) in [4.78, 5) is 14.5. The Morgan fingerprint density at radius 3 is 2.72 bits per heavy atom. The van der Waals surface area contributed by atoms with E-state index in [1.807, 2.05) is 6.92 Å². The number of anilines is 1. The maximum absolute atomic E-state index is 12.3. The fraction of sp³-hybridized carbons (Fsp3) is 0.154. The number of benzene rings is 1. The third kappa shape index (κ3) is 2.66. The van der Waals surface area contributed by atoms with E-state index in [1.54, 1.807) is 41.3 Å². The van der Waals surface area contributed by atoms with Gasteiger partial charge in [0.25, 0.3) is 5.91 Å². The molecule has 3 nitrogen and oxygen atoms in total. The third-order valence-electron chi connectivity index (χ3n) is 2.49. The molecule has 0 radical (unpaired) electrons. The first-order chi connectivity index (χ1) is 8.61. The van der Waals surface area contributed by atoms with Crippen molar-refractivity contribution in [3.05, 3.63) is 45.6 Å². The second-order valence-electron chi connectivity index (χ2n) is 3.67. The highest BCUT2D eigenvalue weighted by Gasteiger charge is 2.18. The molecule has 0 aliphatic heterocycles. The number of hydrogen-bond acceptors (Lipinski definition) is 3. The van der Waals surface area contributed by atoms with Gasteiger partial charge in [-0.15, -0.1) is 11.3 Å². The highest BCUT2D eigenvalue weighted by Crippen LogP contribution is 2.26. The van der Waals surface area contributed by atoms with Crippen molar-refractivity contribution in [2.75, 3.05) is 11.4 Å². The number of amides is 1. The van der Waals surface area contributed by atoms with E-state index in [0.29, 0.717) is 21.4 Å². The summed E-state index contributed by atoms with van der Waals surface area (Å²) in [6, 6.07) is 10.1. The summed E-state index contributed by atoms with van der Waals surface area (Å²) in [6.07, 6.45) is 0. The predicted octanol–water partition coefficient (Wildman–Crippen LogP) is 3.77. The zero-order chi connectivity index (χ0) is 13.1. The maximum atomic E-state index is 12.3. The molecule has 0 bridgehead atoms. The topological polar surface area (TPSA) is 40.5 Å². The molecule has 1 aromatic carbocycles. The molecule has 1 N–H and O–H groups in total. The van der Waals surface area contributed by atoms with Gasteiger partial charge in [-0.3, -0.25) is 4.79 Å². The molecule has 1 heterocycles. The number of nitrogens with zero attached hydrogens (tertiary/aromatic N) is 1. The lowest BCUT2D eigenvalue weighted by molar-refractivity contribution is 0.0992. The van der Waals surface area contributed by atoms with Gasteiger partial charge >= 0.3 is 0 Å². The molecule has 94 valence electrons. The van der Waals surface area contributed by atoms with Crippen molar-refractivity contribution >= 4 is 34.5 Å². The smallest absolute Gasteiger partial charge is 0.268 e. The molecule has 0 unspecified atom stereocenters. The Labute approximate surface area is 114 Å². The number of halogens is 1. The minimum Gasteiger partial charge on any atom is -0.508 e. The van der Waals surface area contributed by atoms with Crippen molar-refractivity contribution in [3.63, 3.8) is 0 Å². The summed E-state index contributed by atoms with van der Waals surface area (Å²) in [5.74, 6) is 0.0305. The van der Waals surface area contributed by atoms with Gasteiger partial charge < -0.3 is 10.0 Å². The molecule has 0 saturated carbocycles. The van der Waals surface area contributed by atoms with Crippen molar-refractivity contribution in [2.24, 2.45) is 0 Å². The molecule has 0 aliphatic carbocycles. The number of aromatic hydroxyl groups is 1. The first kappa shape index (κ1) is 12.9. The molecule has 0 aliphatic rings. The molecule has 0 saturated heterocycles. The minimum absolute atomic E-state index is 0.111. The van der Waals surface area contributed by atoms with E-state index in [-0.39, 0.29) is 11.7 Å². The molecule has 2 aromatic rings. The van der Waals surface area contributed by atoms with Gasteiger partial charge in [0.05, 0.1) is 9.21 Å². The van der Waals surface area contributed by atoms with E-state index < -0.39 is 0 Å². The molecular weight excluding hydrogens is 270 g/mol. The number of rotatable bonds is 3. The van der Waals surface area contributed by atoms with Crippen LogP contribution in [-0.2, 0) is 0 Å². The SMILES string of the molecule is CCN(C(=O)c1ccc(Cl)s1)c1cccc(O)c1. The molecule has 1 amide bonds. The van der Waals surface area contributed by atoms with Gasteiger partial charge in [-0.2, -0.15) is 0 Å². The zero-order valence-corrected chi connectivity index (χ0v) is 11.3. The second-order valence-corrected chi connectivity index (χ2v) is 5.39. The Hall–Kier alpha value is -1.52. The van der Waals surface area contributed by atoms with Crippen LogP contribution in [0.1, 0.15) is 16.6 Å². The Morgan fingerprint density at radius 1 is 1.39 bits per heavy atom. The fourth-order valence-corrected chi connectivity index (χ4v) is 2.66. The van der Waals surface area contributed by atoms with Crippen LogP contribution in [0.5, 0.6) is 5.75 Å². The average molecular weight is 282 g/mol. The van der Waals surface area contributed by atoms with Gasteiger partial charge in [-0.25, -0.2) is 0 Å². The maximum Gasteiger partial charge on any atom is 0.268 e. The van der Waals surface area contributed by atoms with Crippen LogP contribution >= 0.6 is 22.9 Å². The first-order valence-corrected chi connectivity index (χ1v) is 6.67. The number of phenols is 1. The van der Waals surface area contributed by atoms with Crippen molar-refractivity contribution in [1.82, 2.24) is 0 Å². The highest BCUT2D eigenvalue weighted by molar-refractivity contribution is 7.18. The number of thiophene rings is 1. The second kappa shape index (κ2) is 5.42. The Kier molecular flexibility index (Phi) is 3.89. The molecule has 18 heavy (non-hydrogen) atoms. The van der Waals surface area contributed by atoms with E-state index in [2.05, 4.69) is 0 Å². The Balaban J connectivity index is 2.31. The Bertz CT molecular complexity index is 568. The fourth-order valence-electron chi connectivity index (χ4n) is 1.67. The normalized spacial score (nSPS) is 10.3. The summed E-state index contributed by atoms with van der Waals surface area (Å²) in [5.41, 5.74) is 0.673. The number of phenolic OH excluding ortho intramolecular Hbond substituents is 1. The zero-order valence-electron chi connectivity index (χ0n) is 9.76. The van der Waals surface area contributed by atoms with Crippen molar-refractivity contribution in [2.45, 2.75) is 6.92 Å². The number of hydrogen-bond donors (Lipinski definition) is 1. The monoisotopic (exact) mass is 281 g/mol. The summed E-state index contributed by atoms with van der Waals surface area (Å²) in [6.45, 7) is 2.41. The van der Waals surface area contributed by atoms with Crippen molar-refractivity contribution < 1.29 is 9.90 Å². The number of carbonyl (C=O) groups excluding carboxylic acids is 1. The van der Waals surface area contributed by atoms with Crippen molar-refractivity contribution in [3.8, 4) is 5.75 Å². The van der Waals surface area contributed by atoms with Gasteiger partial charge in [0.1, 0.15) is 5.75 Å². The average Bonchev–Trinajstić information content (AvgIpc) is 2.77. The Morgan fingerprint density at radius 2 is 2.17 bits per heavy atom. The van der Waals surface area contributed by atoms with Crippen LogP contribution in [0.4, 0.5) is 5.69 Å². The van der Waals surface area contributed by atoms with E-state index in [9.17, 15) is 9.90 Å². The molecule has 0 fully saturated rings. The molecule has 0 spiro atoms. The van der Waals surface area contributed by atoms with E-state index in [1.165, 1.54) is 11.3 Å². The van der Waals surface area contributed by atoms with Crippen molar-refractivity contribution in [1.29, 1.82) is 0 Å². The number of carbonyl (C=O) groups is 1. The lowest BCUT2D eigenvalue weighted by Gasteiger charge is -2.20. The van der Waals surface area contributed by atoms with E-state index >= 15 is 0 Å². The summed E-state index contributed by atoms with van der Waals surface area (Å²) < 4.78 is 0.588. The van der Waals surface area contributed by atoms with Crippen LogP contribution in [0.15, 0.2) is 36.4 Å². The molecule has 1 aromatic heterocycles. The van der Waals surface area contributed by atoms with Crippen LogP contribution in [-0.4, -0.2) is 17.6 Å². The molecule has 5 heteroatoms. The van der Waals surface area contributed by atoms with Crippen LogP contribution in [0, 0.1) is 0 Å². The summed E-state index contributed by atoms with van der Waals surface area (Å²) in [7, 11) is 0. The van der Waals surface area contributed by atoms with E-state index in [0.717, 1.165) is 0 Å². The lowest BCUT2D eigenvalue weighted by Crippen LogP contribution is -2.29. The molecule has 0 atom stereocenters. The predicted molar refractivity (Wildman–Crippen MR) is 74.8 cm³/mol. The molecule has 2 rings (SSSR count). The van der Waals surface area contributed by atoms with Crippen LogP contribution in [0.25, 0.3) is 0 Å². The molecular formula is C13H12ClNO2S. The quantitative estimate of drug-likeness (QED) is 0.930. The summed E-state index contributed by atoms with van der Waals surface area (Å²) in [5, 5.41) is 9.46. The van der Waals surface area contributed by atoms with E-state index in [4.69, 9.17) is 11.6 Å². The van der Waals surface area contributed by atoms with Crippen LogP contribution in [0.2, 0.25) is 4.34 Å². The van der Waals surface area contributed by atoms with Gasteiger partial charge in [-0.1, -0.05) is 17.7 Å². The third-order valence-corrected chi connectivity index (χ3v) is 3.71. The largest absolute Gasteiger partial charge is 0.508 e. The van der Waals surface area contributed by atoms with Gasteiger partial charge in [0.15, 0.2) is 0 Å². The summed E-state index contributed by atoms with van der Waals surface area (Å²) >= 11 is 7.08. The van der Waals surface area contributed by atoms with Crippen LogP contribution < -0.4 is 4.90 Å². The first-order valence-electron chi connectivity index (χ1n) is 5.48. The highest BCUT2D eigenvalue weighted by atomic mass is 35.5. The van der Waals surface area contributed by atoms with Gasteiger partial charge in [0.2, 0.25) is 0 Å². The minimum atomic E-state index is -0.111.